The van der Waals surface area contributed by atoms with Crippen molar-refractivity contribution in [2.75, 3.05) is 9.80 Å². The second-order valence-corrected chi connectivity index (χ2v) is 25.0. The van der Waals surface area contributed by atoms with E-state index in [-0.39, 0.29) is 23.5 Å². The van der Waals surface area contributed by atoms with Crippen molar-refractivity contribution < 1.29 is 8.83 Å². The fourth-order valence-electron chi connectivity index (χ4n) is 12.0. The predicted molar refractivity (Wildman–Crippen MR) is 312 cm³/mol. The Labute approximate surface area is 431 Å². The molecule has 11 aromatic rings. The van der Waals surface area contributed by atoms with Crippen molar-refractivity contribution in [3.8, 4) is 22.3 Å². The van der Waals surface area contributed by atoms with Gasteiger partial charge in [0.1, 0.15) is 11.2 Å². The summed E-state index contributed by atoms with van der Waals surface area (Å²) < 4.78 is 17.9. The normalized spacial score (nSPS) is 13.6. The molecule has 2 aliphatic rings. The first-order valence-electron chi connectivity index (χ1n) is 25.5. The summed E-state index contributed by atoms with van der Waals surface area (Å²) in [6.45, 7) is 28.0. The van der Waals surface area contributed by atoms with E-state index in [2.05, 4.69) is 214 Å². The van der Waals surface area contributed by atoms with Crippen molar-refractivity contribution in [2.24, 2.45) is 0 Å². The van der Waals surface area contributed by atoms with Gasteiger partial charge in [-0.05, 0) is 149 Å². The lowest BCUT2D eigenvalue weighted by atomic mass is 9.39. The lowest BCUT2D eigenvalue weighted by molar-refractivity contribution is 0.591. The first kappa shape index (κ1) is 45.1. The highest BCUT2D eigenvalue weighted by molar-refractivity contribution is 7.40. The predicted octanol–water partition coefficient (Wildman–Crippen LogP) is 18.0. The minimum absolute atomic E-state index is 0.00269. The van der Waals surface area contributed by atoms with E-state index in [9.17, 15) is 0 Å². The molecule has 0 atom stereocenters. The number of aryl methyl sites for hydroxylation is 2. The molecule has 7 heteroatoms. The molecule has 72 heavy (non-hydrogen) atoms. The Kier molecular flexibility index (Phi) is 9.93. The Morgan fingerprint density at radius 2 is 0.903 bits per heavy atom. The Morgan fingerprint density at radius 1 is 0.472 bits per heavy atom. The number of furan rings is 2. The average molecular weight is 975 g/mol. The van der Waals surface area contributed by atoms with E-state index in [1.165, 1.54) is 119 Å². The van der Waals surface area contributed by atoms with Crippen LogP contribution in [0.15, 0.2) is 143 Å². The zero-order valence-electron chi connectivity index (χ0n) is 43.4. The molecular formula is C65H59BN2O2S2. The molecule has 0 aliphatic carbocycles. The number of fused-ring (bicyclic) bond motifs is 10. The average Bonchev–Trinajstić information content (AvgIpc) is 4.15. The van der Waals surface area contributed by atoms with Crippen LogP contribution in [0.5, 0.6) is 0 Å². The van der Waals surface area contributed by atoms with Gasteiger partial charge in [0.15, 0.2) is 0 Å². The van der Waals surface area contributed by atoms with Gasteiger partial charge in [0.05, 0.1) is 35.3 Å². The minimum atomic E-state index is -0.0335. The summed E-state index contributed by atoms with van der Waals surface area (Å²) in [6, 6.07) is 45.8. The number of thiophene rings is 2. The number of anilines is 6. The van der Waals surface area contributed by atoms with Crippen molar-refractivity contribution in [3.63, 3.8) is 0 Å². The van der Waals surface area contributed by atoms with E-state index >= 15 is 0 Å². The largest absolute Gasteiger partial charge is 0.464 e. The first-order chi connectivity index (χ1) is 34.5. The van der Waals surface area contributed by atoms with E-state index in [0.29, 0.717) is 0 Å². The molecule has 7 aromatic carbocycles. The molecule has 0 amide bonds. The number of hydrogen-bond donors (Lipinski definition) is 0. The van der Waals surface area contributed by atoms with Gasteiger partial charge in [-0.3, -0.25) is 0 Å². The van der Waals surface area contributed by atoms with Gasteiger partial charge in [-0.2, -0.15) is 0 Å². The molecule has 0 fully saturated rings. The van der Waals surface area contributed by atoms with Gasteiger partial charge in [0.25, 0.3) is 6.71 Å². The van der Waals surface area contributed by atoms with Crippen LogP contribution in [0.2, 0.25) is 0 Å². The van der Waals surface area contributed by atoms with E-state index in [1.54, 1.807) is 0 Å². The number of hydrogen-bond acceptors (Lipinski definition) is 6. The highest BCUT2D eigenvalue weighted by Gasteiger charge is 2.48. The van der Waals surface area contributed by atoms with Crippen LogP contribution in [-0.2, 0) is 10.8 Å². The fourth-order valence-corrected chi connectivity index (χ4v) is 14.7. The summed E-state index contributed by atoms with van der Waals surface area (Å²) in [7, 11) is 0. The van der Waals surface area contributed by atoms with Gasteiger partial charge in [-0.15, -0.1) is 22.7 Å². The number of para-hydroxylation sites is 2. The lowest BCUT2D eigenvalue weighted by Crippen LogP contribution is -2.59. The van der Waals surface area contributed by atoms with Gasteiger partial charge in [0, 0.05) is 63.0 Å². The molecule has 0 N–H and O–H groups in total. The highest BCUT2D eigenvalue weighted by atomic mass is 32.1. The SMILES string of the molecule is Cc1ccc(-c2coc3ccccc23)c(C)c1N1c2cc(C(C)C)cc3c2B(c2sc4ccc(C(C)(C)C)cc4c21)c1sc2ccc(C(C)(C)C)cc2c1N3c1c(C)ccc(-c2coc3ccccc23)c1C. The lowest BCUT2D eigenvalue weighted by Gasteiger charge is -2.44. The van der Waals surface area contributed by atoms with Crippen LogP contribution < -0.4 is 24.8 Å². The van der Waals surface area contributed by atoms with Crippen LogP contribution in [-0.4, -0.2) is 6.71 Å². The van der Waals surface area contributed by atoms with Crippen LogP contribution in [0.3, 0.4) is 0 Å². The van der Waals surface area contributed by atoms with E-state index in [0.717, 1.165) is 33.1 Å². The zero-order valence-corrected chi connectivity index (χ0v) is 45.0. The third-order valence-corrected chi connectivity index (χ3v) is 18.4. The van der Waals surface area contributed by atoms with Gasteiger partial charge in [0.2, 0.25) is 0 Å². The van der Waals surface area contributed by atoms with Crippen molar-refractivity contribution in [3.05, 3.63) is 173 Å². The maximum absolute atomic E-state index is 6.26. The summed E-state index contributed by atoms with van der Waals surface area (Å²) in [5.41, 5.74) is 24.2. The first-order valence-corrected chi connectivity index (χ1v) is 27.2. The zero-order chi connectivity index (χ0) is 49.9. The molecule has 356 valence electrons. The van der Waals surface area contributed by atoms with Crippen LogP contribution in [0.25, 0.3) is 64.4 Å². The van der Waals surface area contributed by atoms with Crippen LogP contribution in [0, 0.1) is 27.7 Å². The summed E-state index contributed by atoms with van der Waals surface area (Å²) in [5.74, 6) is 0.256. The van der Waals surface area contributed by atoms with Gasteiger partial charge >= 0.3 is 0 Å². The van der Waals surface area contributed by atoms with Crippen LogP contribution >= 0.6 is 22.7 Å². The third kappa shape index (κ3) is 6.55. The molecule has 2 aliphatic heterocycles. The fraction of sp³-hybridized carbons (Fsp3) is 0.231. The van der Waals surface area contributed by atoms with Gasteiger partial charge < -0.3 is 18.6 Å². The summed E-state index contributed by atoms with van der Waals surface area (Å²) in [5, 5.41) is 4.89. The molecule has 0 unspecified atom stereocenters. The molecule has 0 saturated heterocycles. The van der Waals surface area contributed by atoms with E-state index in [1.807, 2.05) is 35.2 Å². The summed E-state index contributed by atoms with van der Waals surface area (Å²) >= 11 is 3.98. The van der Waals surface area contributed by atoms with Crippen molar-refractivity contribution >= 4 is 121 Å². The van der Waals surface area contributed by atoms with Crippen molar-refractivity contribution in [1.82, 2.24) is 0 Å². The Balaban J connectivity index is 1.18. The molecule has 0 radical (unpaired) electrons. The number of rotatable bonds is 5. The van der Waals surface area contributed by atoms with Gasteiger partial charge in [-0.1, -0.05) is 128 Å². The molecule has 4 nitrogen and oxygen atoms in total. The third-order valence-electron chi connectivity index (χ3n) is 15.9. The van der Waals surface area contributed by atoms with Gasteiger partial charge in [-0.25, -0.2) is 0 Å². The van der Waals surface area contributed by atoms with E-state index in [4.69, 9.17) is 8.83 Å². The van der Waals surface area contributed by atoms with Crippen molar-refractivity contribution in [2.45, 2.75) is 99.8 Å². The Morgan fingerprint density at radius 3 is 1.32 bits per heavy atom. The second kappa shape index (κ2) is 15.9. The van der Waals surface area contributed by atoms with Crippen LogP contribution in [0.4, 0.5) is 34.1 Å². The van der Waals surface area contributed by atoms with Crippen molar-refractivity contribution in [1.29, 1.82) is 0 Å². The second-order valence-electron chi connectivity index (χ2n) is 22.9. The summed E-state index contributed by atoms with van der Waals surface area (Å²) in [6.07, 6.45) is 3.91. The Bertz CT molecular complexity index is 3820. The standard InChI is InChI=1S/C65H59BN2O2S2/c1-35(2)40-29-51-57-52(30-40)68(59-37(4)22-26-44(39(59)6)50-34-70-54-20-16-14-18-46(50)54)61-48-32-42(65(10,11)12)24-28-56(48)72-63(61)66(57)62-60(47-31-41(64(7,8)9)23-27-55(47)71-62)67(51)58-36(3)21-25-43(38(58)5)49-33-69-53-19-15-13-17-45(49)53/h13-35H,1-12H3. The highest BCUT2D eigenvalue weighted by Crippen LogP contribution is 2.55. The molecule has 6 heterocycles. The molecule has 0 bridgehead atoms. The minimum Gasteiger partial charge on any atom is -0.464 e. The molecule has 0 saturated carbocycles. The molecule has 13 rings (SSSR count). The number of nitrogens with zero attached hydrogens (tertiary/aromatic N) is 2. The summed E-state index contributed by atoms with van der Waals surface area (Å²) in [4.78, 5) is 5.42. The Hall–Kier alpha value is -6.80. The topological polar surface area (TPSA) is 32.8 Å². The molecule has 0 spiro atoms. The molecular weight excluding hydrogens is 916 g/mol. The van der Waals surface area contributed by atoms with Crippen LogP contribution in [0.1, 0.15) is 100 Å². The smallest absolute Gasteiger partial charge is 0.277 e. The molecule has 4 aromatic heterocycles. The maximum Gasteiger partial charge on any atom is 0.277 e. The maximum atomic E-state index is 6.26. The quantitative estimate of drug-likeness (QED) is 0.161. The number of benzene rings is 7. The monoisotopic (exact) mass is 974 g/mol. The van der Waals surface area contributed by atoms with E-state index < -0.39 is 0 Å².